The summed E-state index contributed by atoms with van der Waals surface area (Å²) in [6, 6.07) is 10.2. The van der Waals surface area contributed by atoms with E-state index in [9.17, 15) is 22.8 Å². The minimum absolute atomic E-state index is 0.00910. The number of ether oxygens (including phenoxy) is 2. The molecule has 3 aromatic rings. The molecular formula is C21H17F3N2O5. The Morgan fingerprint density at radius 3 is 2.32 bits per heavy atom. The third kappa shape index (κ3) is 4.97. The van der Waals surface area contributed by atoms with E-state index in [1.165, 1.54) is 50.8 Å². The van der Waals surface area contributed by atoms with Crippen molar-refractivity contribution in [3.8, 4) is 11.5 Å². The Hall–Kier alpha value is -3.95. The van der Waals surface area contributed by atoms with Gasteiger partial charge >= 0.3 is 6.18 Å². The van der Waals surface area contributed by atoms with Crippen molar-refractivity contribution in [2.45, 2.75) is 6.18 Å². The highest BCUT2D eigenvalue weighted by Gasteiger charge is 2.34. The second-order valence-electron chi connectivity index (χ2n) is 6.21. The van der Waals surface area contributed by atoms with Crippen LogP contribution in [-0.2, 0) is 6.18 Å². The van der Waals surface area contributed by atoms with Crippen molar-refractivity contribution in [3.05, 3.63) is 71.7 Å². The number of benzene rings is 2. The summed E-state index contributed by atoms with van der Waals surface area (Å²) in [4.78, 5) is 24.7. The fraction of sp³-hybridized carbons (Fsp3) is 0.143. The number of carbonyl (C=O) groups is 2. The smallest absolute Gasteiger partial charge is 0.418 e. The molecule has 1 heterocycles. The van der Waals surface area contributed by atoms with E-state index in [-0.39, 0.29) is 22.8 Å². The summed E-state index contributed by atoms with van der Waals surface area (Å²) >= 11 is 0. The molecule has 0 unspecified atom stereocenters. The first-order valence-electron chi connectivity index (χ1n) is 8.82. The van der Waals surface area contributed by atoms with E-state index >= 15 is 0 Å². The van der Waals surface area contributed by atoms with Crippen LogP contribution in [0.25, 0.3) is 0 Å². The van der Waals surface area contributed by atoms with Crippen LogP contribution >= 0.6 is 0 Å². The van der Waals surface area contributed by atoms with Crippen LogP contribution in [0.4, 0.5) is 24.5 Å². The van der Waals surface area contributed by atoms with Crippen molar-refractivity contribution < 1.29 is 36.7 Å². The molecule has 2 aromatic carbocycles. The number of carbonyl (C=O) groups excluding carboxylic acids is 2. The second-order valence-corrected chi connectivity index (χ2v) is 6.21. The highest BCUT2D eigenvalue weighted by Crippen LogP contribution is 2.37. The zero-order chi connectivity index (χ0) is 22.6. The first-order chi connectivity index (χ1) is 14.7. The van der Waals surface area contributed by atoms with Crippen molar-refractivity contribution in [2.75, 3.05) is 24.9 Å². The van der Waals surface area contributed by atoms with Crippen molar-refractivity contribution in [1.82, 2.24) is 0 Å². The van der Waals surface area contributed by atoms with Crippen LogP contribution < -0.4 is 20.1 Å². The number of methoxy groups -OCH3 is 2. The van der Waals surface area contributed by atoms with Gasteiger partial charge in [-0.3, -0.25) is 9.59 Å². The third-order valence-electron chi connectivity index (χ3n) is 4.23. The van der Waals surface area contributed by atoms with Crippen LogP contribution in [0.3, 0.4) is 0 Å². The second kappa shape index (κ2) is 8.82. The van der Waals surface area contributed by atoms with E-state index in [0.29, 0.717) is 5.75 Å². The van der Waals surface area contributed by atoms with Gasteiger partial charge in [-0.1, -0.05) is 0 Å². The van der Waals surface area contributed by atoms with E-state index in [2.05, 4.69) is 10.6 Å². The normalized spacial score (nSPS) is 11.0. The SMILES string of the molecule is COc1ccc(OC)c(C(=O)Nc2ccc(NC(=O)c3ccco3)cc2C(F)(F)F)c1. The Balaban J connectivity index is 1.90. The molecule has 0 spiro atoms. The molecule has 0 bridgehead atoms. The molecule has 7 nitrogen and oxygen atoms in total. The summed E-state index contributed by atoms with van der Waals surface area (Å²) in [6.07, 6.45) is -3.53. The first-order valence-corrected chi connectivity index (χ1v) is 8.82. The van der Waals surface area contributed by atoms with Gasteiger partial charge in [-0.2, -0.15) is 13.2 Å². The minimum Gasteiger partial charge on any atom is -0.497 e. The summed E-state index contributed by atoms with van der Waals surface area (Å²) in [6.45, 7) is 0. The number of furan rings is 1. The molecule has 1 aromatic heterocycles. The number of hydrogen-bond donors (Lipinski definition) is 2. The highest BCUT2D eigenvalue weighted by atomic mass is 19.4. The van der Waals surface area contributed by atoms with E-state index < -0.39 is 29.2 Å². The molecule has 0 radical (unpaired) electrons. The predicted octanol–water partition coefficient (Wildman–Crippen LogP) is 4.82. The van der Waals surface area contributed by atoms with Gasteiger partial charge in [0.25, 0.3) is 11.8 Å². The number of amides is 2. The maximum absolute atomic E-state index is 13.6. The Labute approximate surface area is 174 Å². The van der Waals surface area contributed by atoms with Gasteiger partial charge in [0.05, 0.1) is 37.3 Å². The van der Waals surface area contributed by atoms with Gasteiger partial charge in [-0.15, -0.1) is 0 Å². The average Bonchev–Trinajstić information content (AvgIpc) is 3.28. The third-order valence-corrected chi connectivity index (χ3v) is 4.23. The lowest BCUT2D eigenvalue weighted by Crippen LogP contribution is -2.18. The average molecular weight is 434 g/mol. The first kappa shape index (κ1) is 21.8. The zero-order valence-electron chi connectivity index (χ0n) is 16.4. The standard InChI is InChI=1S/C21H17F3N2O5/c1-29-13-6-8-17(30-2)14(11-13)19(27)26-16-7-5-12(10-15(16)21(22,23)24)25-20(28)18-4-3-9-31-18/h3-11H,1-2H3,(H,25,28)(H,26,27). The number of hydrogen-bond acceptors (Lipinski definition) is 5. The molecule has 3 rings (SSSR count). The Morgan fingerprint density at radius 2 is 1.71 bits per heavy atom. The number of nitrogens with one attached hydrogen (secondary N) is 2. The lowest BCUT2D eigenvalue weighted by molar-refractivity contribution is -0.136. The van der Waals surface area contributed by atoms with Gasteiger partial charge in [-0.25, -0.2) is 0 Å². The molecule has 2 amide bonds. The molecule has 2 N–H and O–H groups in total. The molecule has 0 aliphatic rings. The van der Waals surface area contributed by atoms with Gasteiger partial charge in [0.15, 0.2) is 5.76 Å². The Bertz CT molecular complexity index is 1090. The summed E-state index contributed by atoms with van der Waals surface area (Å²) in [7, 11) is 2.72. The van der Waals surface area contributed by atoms with Gasteiger partial charge in [0.1, 0.15) is 11.5 Å². The van der Waals surface area contributed by atoms with Crippen LogP contribution in [0.2, 0.25) is 0 Å². The van der Waals surface area contributed by atoms with Crippen LogP contribution in [-0.4, -0.2) is 26.0 Å². The quantitative estimate of drug-likeness (QED) is 0.581. The monoisotopic (exact) mass is 434 g/mol. The van der Waals surface area contributed by atoms with E-state index in [0.717, 1.165) is 12.1 Å². The maximum atomic E-state index is 13.6. The molecule has 0 saturated carbocycles. The van der Waals surface area contributed by atoms with Crippen molar-refractivity contribution in [1.29, 1.82) is 0 Å². The summed E-state index contributed by atoms with van der Waals surface area (Å²) < 4.78 is 56.0. The molecule has 31 heavy (non-hydrogen) atoms. The van der Waals surface area contributed by atoms with Crippen LogP contribution in [0.1, 0.15) is 26.5 Å². The number of halogens is 3. The largest absolute Gasteiger partial charge is 0.497 e. The van der Waals surface area contributed by atoms with Gasteiger partial charge in [0.2, 0.25) is 0 Å². The predicted molar refractivity (Wildman–Crippen MR) is 106 cm³/mol. The summed E-state index contributed by atoms with van der Waals surface area (Å²) in [5.74, 6) is -1.10. The fourth-order valence-corrected chi connectivity index (χ4v) is 2.75. The van der Waals surface area contributed by atoms with Crippen molar-refractivity contribution in [3.63, 3.8) is 0 Å². The topological polar surface area (TPSA) is 89.8 Å². The minimum atomic E-state index is -4.80. The molecular weight excluding hydrogens is 417 g/mol. The Kier molecular flexibility index (Phi) is 6.19. The highest BCUT2D eigenvalue weighted by molar-refractivity contribution is 6.07. The van der Waals surface area contributed by atoms with Gasteiger partial charge in [-0.05, 0) is 48.5 Å². The lowest BCUT2D eigenvalue weighted by atomic mass is 10.1. The van der Waals surface area contributed by atoms with Crippen LogP contribution in [0.5, 0.6) is 11.5 Å². The van der Waals surface area contributed by atoms with Crippen LogP contribution in [0.15, 0.2) is 59.2 Å². The number of anilines is 2. The lowest BCUT2D eigenvalue weighted by Gasteiger charge is -2.16. The van der Waals surface area contributed by atoms with E-state index in [4.69, 9.17) is 13.9 Å². The molecule has 10 heteroatoms. The Morgan fingerprint density at radius 1 is 0.935 bits per heavy atom. The molecule has 0 aliphatic carbocycles. The summed E-state index contributed by atoms with van der Waals surface area (Å²) in [5, 5.41) is 4.56. The molecule has 0 fully saturated rings. The maximum Gasteiger partial charge on any atom is 0.418 e. The van der Waals surface area contributed by atoms with Gasteiger partial charge < -0.3 is 24.5 Å². The zero-order valence-corrected chi connectivity index (χ0v) is 16.4. The molecule has 0 atom stereocenters. The number of rotatable bonds is 6. The molecule has 0 aliphatic heterocycles. The fourth-order valence-electron chi connectivity index (χ4n) is 2.75. The summed E-state index contributed by atoms with van der Waals surface area (Å²) in [5.41, 5.74) is -1.76. The molecule has 162 valence electrons. The molecule has 0 saturated heterocycles. The van der Waals surface area contributed by atoms with Crippen molar-refractivity contribution in [2.24, 2.45) is 0 Å². The van der Waals surface area contributed by atoms with E-state index in [1.807, 2.05) is 0 Å². The van der Waals surface area contributed by atoms with E-state index in [1.54, 1.807) is 6.07 Å². The van der Waals surface area contributed by atoms with Crippen molar-refractivity contribution >= 4 is 23.2 Å². The number of alkyl halides is 3. The van der Waals surface area contributed by atoms with Gasteiger partial charge in [0, 0.05) is 5.69 Å². The van der Waals surface area contributed by atoms with Crippen LogP contribution in [0, 0.1) is 0 Å².